The molecule has 0 amide bonds. The van der Waals surface area contributed by atoms with Crippen LogP contribution in [0, 0.1) is 11.2 Å². The van der Waals surface area contributed by atoms with Gasteiger partial charge >= 0.3 is 0 Å². The second kappa shape index (κ2) is 7.26. The van der Waals surface area contributed by atoms with E-state index in [9.17, 15) is 4.39 Å². The molecule has 1 aromatic carbocycles. The first-order valence-corrected chi connectivity index (χ1v) is 8.15. The van der Waals surface area contributed by atoms with Gasteiger partial charge in [-0.2, -0.15) is 0 Å². The number of hydrogen-bond donors (Lipinski definition) is 1. The minimum Gasteiger partial charge on any atom is -0.494 e. The van der Waals surface area contributed by atoms with E-state index in [1.807, 2.05) is 6.07 Å². The topological polar surface area (TPSA) is 21.3 Å². The Balaban J connectivity index is 2.12. The van der Waals surface area contributed by atoms with Crippen molar-refractivity contribution in [2.45, 2.75) is 58.4 Å². The van der Waals surface area contributed by atoms with Gasteiger partial charge in [0.25, 0.3) is 0 Å². The molecule has 1 saturated carbocycles. The van der Waals surface area contributed by atoms with Crippen LogP contribution >= 0.6 is 0 Å². The van der Waals surface area contributed by atoms with Crippen molar-refractivity contribution in [3.05, 3.63) is 29.6 Å². The summed E-state index contributed by atoms with van der Waals surface area (Å²) in [7, 11) is 1.50. The van der Waals surface area contributed by atoms with Crippen molar-refractivity contribution in [1.29, 1.82) is 0 Å². The number of hydrogen-bond acceptors (Lipinski definition) is 2. The van der Waals surface area contributed by atoms with Gasteiger partial charge in [0.05, 0.1) is 7.11 Å². The lowest BCUT2D eigenvalue weighted by Crippen LogP contribution is -2.44. The van der Waals surface area contributed by atoms with Gasteiger partial charge in [-0.15, -0.1) is 0 Å². The number of ether oxygens (including phenoxy) is 1. The minimum absolute atomic E-state index is 0.263. The van der Waals surface area contributed by atoms with E-state index in [-0.39, 0.29) is 5.82 Å². The molecule has 2 rings (SSSR count). The first-order chi connectivity index (χ1) is 10.1. The second-order valence-electron chi connectivity index (χ2n) is 6.54. The first-order valence-electron chi connectivity index (χ1n) is 8.15. The van der Waals surface area contributed by atoms with Crippen molar-refractivity contribution in [3.63, 3.8) is 0 Å². The highest BCUT2D eigenvalue weighted by Gasteiger charge is 2.36. The fourth-order valence-electron chi connectivity index (χ4n) is 3.49. The molecule has 1 atom stereocenters. The summed E-state index contributed by atoms with van der Waals surface area (Å²) in [5, 5.41) is 3.69. The molecule has 0 saturated heterocycles. The van der Waals surface area contributed by atoms with Gasteiger partial charge in [0, 0.05) is 6.04 Å². The second-order valence-corrected chi connectivity index (χ2v) is 6.54. The Morgan fingerprint density at radius 3 is 2.62 bits per heavy atom. The minimum atomic E-state index is -0.263. The molecule has 0 radical (unpaired) electrons. The van der Waals surface area contributed by atoms with E-state index in [1.165, 1.54) is 32.8 Å². The van der Waals surface area contributed by atoms with Crippen LogP contribution in [0.2, 0.25) is 0 Å². The Morgan fingerprint density at radius 1 is 1.33 bits per heavy atom. The zero-order valence-corrected chi connectivity index (χ0v) is 13.5. The van der Waals surface area contributed by atoms with Crippen LogP contribution in [0.1, 0.15) is 51.5 Å². The highest BCUT2D eigenvalue weighted by molar-refractivity contribution is 5.30. The molecule has 0 aliphatic heterocycles. The molecule has 1 unspecified atom stereocenters. The average Bonchev–Trinajstić information content (AvgIpc) is 2.91. The zero-order chi connectivity index (χ0) is 15.3. The monoisotopic (exact) mass is 293 g/mol. The predicted octanol–water partition coefficient (Wildman–Crippen LogP) is 4.33. The summed E-state index contributed by atoms with van der Waals surface area (Å²) in [5.74, 6) is 0.0599. The molecule has 21 heavy (non-hydrogen) atoms. The Morgan fingerprint density at radius 2 is 2.05 bits per heavy atom. The van der Waals surface area contributed by atoms with Crippen LogP contribution in [0.5, 0.6) is 5.75 Å². The molecular weight excluding hydrogens is 265 g/mol. The molecule has 0 heterocycles. The van der Waals surface area contributed by atoms with Gasteiger partial charge in [-0.25, -0.2) is 4.39 Å². The molecule has 3 heteroatoms. The standard InChI is InChI=1S/C18H28FNO/c1-4-11-20-17(18(2)9-5-6-10-18)13-14-7-8-16(21-3)15(19)12-14/h7-8,12,17,20H,4-6,9-11,13H2,1-3H3. The maximum Gasteiger partial charge on any atom is 0.165 e. The first kappa shape index (κ1) is 16.3. The largest absolute Gasteiger partial charge is 0.494 e. The quantitative estimate of drug-likeness (QED) is 0.808. The third kappa shape index (κ3) is 3.97. The van der Waals surface area contributed by atoms with Gasteiger partial charge in [-0.3, -0.25) is 0 Å². The SMILES string of the molecule is CCCNC(Cc1ccc(OC)c(F)c1)C1(C)CCCC1. The summed E-state index contributed by atoms with van der Waals surface area (Å²) < 4.78 is 18.9. The van der Waals surface area contributed by atoms with Crippen LogP contribution < -0.4 is 10.1 Å². The van der Waals surface area contributed by atoms with Crippen molar-refractivity contribution in [2.75, 3.05) is 13.7 Å². The normalized spacial score (nSPS) is 18.7. The van der Waals surface area contributed by atoms with Gasteiger partial charge in [0.1, 0.15) is 0 Å². The van der Waals surface area contributed by atoms with Crippen LogP contribution in [0.3, 0.4) is 0 Å². The van der Waals surface area contributed by atoms with Crippen molar-refractivity contribution >= 4 is 0 Å². The Labute approximate surface area is 128 Å². The van der Waals surface area contributed by atoms with Crippen molar-refractivity contribution < 1.29 is 9.13 Å². The predicted molar refractivity (Wildman–Crippen MR) is 85.3 cm³/mol. The Kier molecular flexibility index (Phi) is 5.63. The van der Waals surface area contributed by atoms with E-state index in [1.54, 1.807) is 12.1 Å². The van der Waals surface area contributed by atoms with Crippen LogP contribution in [-0.2, 0) is 6.42 Å². The summed E-state index contributed by atoms with van der Waals surface area (Å²) in [6.07, 6.45) is 7.19. The fraction of sp³-hybridized carbons (Fsp3) is 0.667. The van der Waals surface area contributed by atoms with E-state index >= 15 is 0 Å². The van der Waals surface area contributed by atoms with Crippen molar-refractivity contribution in [3.8, 4) is 5.75 Å². The molecule has 1 aliphatic carbocycles. The summed E-state index contributed by atoms with van der Waals surface area (Å²) in [6.45, 7) is 5.60. The average molecular weight is 293 g/mol. The molecule has 1 aliphatic rings. The molecule has 0 aromatic heterocycles. The molecule has 1 aromatic rings. The van der Waals surface area contributed by atoms with Gasteiger partial charge < -0.3 is 10.1 Å². The molecular formula is C18H28FNO. The summed E-state index contributed by atoms with van der Waals surface area (Å²) in [5.41, 5.74) is 1.39. The lowest BCUT2D eigenvalue weighted by Gasteiger charge is -2.35. The number of halogens is 1. The van der Waals surface area contributed by atoms with E-state index in [0.29, 0.717) is 17.2 Å². The highest BCUT2D eigenvalue weighted by atomic mass is 19.1. The third-order valence-corrected chi connectivity index (χ3v) is 4.88. The van der Waals surface area contributed by atoms with E-state index in [0.717, 1.165) is 24.9 Å². The highest BCUT2D eigenvalue weighted by Crippen LogP contribution is 2.41. The maximum absolute atomic E-state index is 13.9. The Hall–Kier alpha value is -1.09. The maximum atomic E-state index is 13.9. The molecule has 2 nitrogen and oxygen atoms in total. The van der Waals surface area contributed by atoms with Gasteiger partial charge in [-0.05, 0) is 55.3 Å². The van der Waals surface area contributed by atoms with E-state index in [4.69, 9.17) is 4.74 Å². The number of methoxy groups -OCH3 is 1. The van der Waals surface area contributed by atoms with Crippen LogP contribution in [-0.4, -0.2) is 19.7 Å². The van der Waals surface area contributed by atoms with Gasteiger partial charge in [0.15, 0.2) is 11.6 Å². The van der Waals surface area contributed by atoms with Crippen LogP contribution in [0.25, 0.3) is 0 Å². The van der Waals surface area contributed by atoms with Crippen LogP contribution in [0.4, 0.5) is 4.39 Å². The van der Waals surface area contributed by atoms with Crippen molar-refractivity contribution in [2.24, 2.45) is 5.41 Å². The molecule has 1 fully saturated rings. The number of benzene rings is 1. The van der Waals surface area contributed by atoms with E-state index < -0.39 is 0 Å². The molecule has 0 bridgehead atoms. The smallest absolute Gasteiger partial charge is 0.165 e. The molecule has 118 valence electrons. The summed E-state index contributed by atoms with van der Waals surface area (Å²) in [6, 6.07) is 5.77. The van der Waals surface area contributed by atoms with E-state index in [2.05, 4.69) is 19.2 Å². The molecule has 0 spiro atoms. The number of nitrogens with one attached hydrogen (secondary N) is 1. The third-order valence-electron chi connectivity index (χ3n) is 4.88. The Bertz CT molecular complexity index is 455. The van der Waals surface area contributed by atoms with Crippen molar-refractivity contribution in [1.82, 2.24) is 5.32 Å². The molecule has 1 N–H and O–H groups in total. The zero-order valence-electron chi connectivity index (χ0n) is 13.5. The summed E-state index contributed by atoms with van der Waals surface area (Å²) in [4.78, 5) is 0. The van der Waals surface area contributed by atoms with Gasteiger partial charge in [0.2, 0.25) is 0 Å². The van der Waals surface area contributed by atoms with Crippen LogP contribution in [0.15, 0.2) is 18.2 Å². The number of rotatable bonds is 7. The fourth-order valence-corrected chi connectivity index (χ4v) is 3.49. The lowest BCUT2D eigenvalue weighted by molar-refractivity contribution is 0.219. The lowest BCUT2D eigenvalue weighted by atomic mass is 9.77. The van der Waals surface area contributed by atoms with Gasteiger partial charge in [-0.1, -0.05) is 32.8 Å². The summed E-state index contributed by atoms with van der Waals surface area (Å²) >= 11 is 0.